The van der Waals surface area contributed by atoms with Crippen LogP contribution in [0.25, 0.3) is 0 Å². The number of hydrogen-bond donors (Lipinski definition) is 2. The van der Waals surface area contributed by atoms with Crippen molar-refractivity contribution in [3.63, 3.8) is 0 Å². The van der Waals surface area contributed by atoms with E-state index in [4.69, 9.17) is 104 Å². The van der Waals surface area contributed by atoms with Gasteiger partial charge in [0, 0.05) is 19.5 Å². The van der Waals surface area contributed by atoms with Gasteiger partial charge in [-0.05, 0) is 15.6 Å². The van der Waals surface area contributed by atoms with Crippen LogP contribution in [0.5, 0.6) is 0 Å². The van der Waals surface area contributed by atoms with Crippen molar-refractivity contribution in [2.24, 2.45) is 0 Å². The Morgan fingerprint density at radius 1 is 0.457 bits per heavy atom. The second-order valence-corrected chi connectivity index (χ2v) is 17.0. The van der Waals surface area contributed by atoms with Gasteiger partial charge in [0.2, 0.25) is 17.0 Å². The molecule has 0 radical (unpaired) electrons. The maximum absolute atomic E-state index is 11.6. The fourth-order valence-electron chi connectivity index (χ4n) is 3.02. The van der Waals surface area contributed by atoms with Crippen LogP contribution in [0.4, 0.5) is 0 Å². The minimum atomic E-state index is -2.88. The Morgan fingerprint density at radius 2 is 0.657 bits per heavy atom. The Kier molecular flexibility index (Phi) is 13.0. The summed E-state index contributed by atoms with van der Waals surface area (Å²) in [5, 5.41) is 12.9. The van der Waals surface area contributed by atoms with Crippen molar-refractivity contribution in [2.75, 3.05) is 0 Å². The molecule has 2 N–H and O–H groups in total. The monoisotopic (exact) mass is 720 g/mol. The topological polar surface area (TPSA) is 40.5 Å². The third-order valence-corrected chi connectivity index (χ3v) is 10.8. The largest absolute Gasteiger partial charge is 0.421 e. The molecule has 0 aliphatic heterocycles. The van der Waals surface area contributed by atoms with E-state index in [1.165, 1.54) is 0 Å². The van der Waals surface area contributed by atoms with Gasteiger partial charge in [-0.1, -0.05) is 195 Å². The third-order valence-electron chi connectivity index (χ3n) is 4.81. The minimum Gasteiger partial charge on any atom is -0.421 e. The Hall–Kier alpha value is 1.03. The molecule has 0 aromatic heterocycles. The maximum Gasteiger partial charge on any atom is 0.285 e. The zero-order chi connectivity index (χ0) is 25.8. The molecule has 0 amide bonds. The van der Waals surface area contributed by atoms with Crippen LogP contribution < -0.4 is 15.6 Å². The summed E-state index contributed by atoms with van der Waals surface area (Å²) in [7, 11) is -2.88. The number of halogens is 9. The van der Waals surface area contributed by atoms with Gasteiger partial charge in [0.25, 0.3) is 8.32 Å². The first kappa shape index (κ1) is 34.1. The first-order valence-electron chi connectivity index (χ1n) is 9.38. The van der Waals surface area contributed by atoms with Gasteiger partial charge in [0.05, 0.1) is 0 Å². The molecule has 0 saturated heterocycles. The molecule has 3 aromatic carbocycles. The van der Waals surface area contributed by atoms with Crippen molar-refractivity contribution in [3.8, 4) is 0 Å². The molecule has 0 fully saturated rings. The number of rotatable bonds is 3. The molecule has 0 aliphatic carbocycles. The first-order chi connectivity index (χ1) is 15.6. The van der Waals surface area contributed by atoms with Gasteiger partial charge in [-0.2, -0.15) is 0 Å². The van der Waals surface area contributed by atoms with Crippen LogP contribution in [0.15, 0.2) is 91.0 Å². The zero-order valence-electron chi connectivity index (χ0n) is 17.7. The van der Waals surface area contributed by atoms with Crippen molar-refractivity contribution in [1.82, 2.24) is 0 Å². The number of hydrogen-bond acceptors (Lipinski definition) is 2. The van der Waals surface area contributed by atoms with E-state index in [1.54, 1.807) is 0 Å². The van der Waals surface area contributed by atoms with Crippen molar-refractivity contribution in [1.29, 1.82) is 0 Å². The quantitative estimate of drug-likeness (QED) is 0.185. The van der Waals surface area contributed by atoms with Crippen molar-refractivity contribution in [3.05, 3.63) is 91.0 Å². The number of benzene rings is 3. The summed E-state index contributed by atoms with van der Waals surface area (Å²) >= 11 is 48.5. The van der Waals surface area contributed by atoms with E-state index in [1.807, 2.05) is 91.0 Å². The van der Waals surface area contributed by atoms with Crippen molar-refractivity contribution in [2.45, 2.75) is 17.0 Å². The second kappa shape index (κ2) is 13.4. The van der Waals surface area contributed by atoms with Gasteiger partial charge in [-0.15, -0.1) is 0 Å². The normalized spacial score (nSPS) is 12.8. The summed E-state index contributed by atoms with van der Waals surface area (Å²) in [6, 6.07) is 30.0. The summed E-state index contributed by atoms with van der Waals surface area (Å²) in [4.78, 5) is 11.6. The number of aliphatic hydroxyl groups is 1. The Labute approximate surface area is 263 Å². The van der Waals surface area contributed by atoms with E-state index in [9.17, 15) is 9.90 Å². The minimum absolute atomic E-state index is 0. The van der Waals surface area contributed by atoms with Crippen LogP contribution in [0.1, 0.15) is 0 Å². The molecular formula is C22H17Cl9O2SiZn. The summed E-state index contributed by atoms with van der Waals surface area (Å²) in [6.45, 7) is 0. The maximum atomic E-state index is 11.6. The van der Waals surface area contributed by atoms with Crippen molar-refractivity contribution >= 4 is 128 Å². The predicted molar refractivity (Wildman–Crippen MR) is 152 cm³/mol. The Bertz CT molecular complexity index is 909. The fourth-order valence-corrected chi connectivity index (χ4v) is 9.90. The molecule has 0 spiro atoms. The van der Waals surface area contributed by atoms with E-state index in [0.29, 0.717) is 0 Å². The molecule has 35 heavy (non-hydrogen) atoms. The van der Waals surface area contributed by atoms with Gasteiger partial charge in [0.1, 0.15) is 0 Å². The van der Waals surface area contributed by atoms with Gasteiger partial charge in [-0.25, -0.2) is 0 Å². The van der Waals surface area contributed by atoms with Crippen molar-refractivity contribution < 1.29 is 29.4 Å². The predicted octanol–water partition coefficient (Wildman–Crippen LogP) is 6.47. The van der Waals surface area contributed by atoms with Crippen LogP contribution in [0.2, 0.25) is 0 Å². The summed E-state index contributed by atoms with van der Waals surface area (Å²) in [5.41, 5.74) is -2.80. The second-order valence-electron chi connectivity index (χ2n) is 7.01. The molecule has 2 nitrogen and oxygen atoms in total. The summed E-state index contributed by atoms with van der Waals surface area (Å²) in [6.07, 6.45) is 0. The Balaban J connectivity index is 0.000000365. The van der Waals surface area contributed by atoms with Crippen LogP contribution in [0.3, 0.4) is 0 Å². The molecule has 186 valence electrons. The smallest absolute Gasteiger partial charge is 0.285 e. The van der Waals surface area contributed by atoms with Gasteiger partial charge < -0.3 is 9.90 Å². The summed E-state index contributed by atoms with van der Waals surface area (Å²) in [5.74, 6) is 0. The third kappa shape index (κ3) is 7.79. The molecule has 0 saturated carbocycles. The molecule has 3 rings (SSSR count). The van der Waals surface area contributed by atoms with E-state index in [0.717, 1.165) is 15.6 Å². The van der Waals surface area contributed by atoms with Gasteiger partial charge >= 0.3 is 0 Å². The molecule has 0 atom stereocenters. The molecule has 13 heteroatoms. The molecule has 0 bridgehead atoms. The fraction of sp³-hybridized carbons (Fsp3) is 0.182. The van der Waals surface area contributed by atoms with E-state index in [2.05, 4.69) is 0 Å². The van der Waals surface area contributed by atoms with Gasteiger partial charge in [0.15, 0.2) is 0 Å². The van der Waals surface area contributed by atoms with Crippen LogP contribution >= 0.6 is 104 Å². The van der Waals surface area contributed by atoms with Crippen LogP contribution in [0, 0.1) is 0 Å². The van der Waals surface area contributed by atoms with Crippen LogP contribution in [-0.4, -0.2) is 35.2 Å². The molecule has 3 aromatic rings. The average molecular weight is 726 g/mol. The zero-order valence-corrected chi connectivity index (χ0v) is 28.4. The van der Waals surface area contributed by atoms with E-state index >= 15 is 0 Å². The molecule has 0 aliphatic rings. The van der Waals surface area contributed by atoms with Crippen LogP contribution in [-0.2, 0) is 19.5 Å². The van der Waals surface area contributed by atoms with E-state index < -0.39 is 25.3 Å². The molecule has 0 unspecified atom stereocenters. The summed E-state index contributed by atoms with van der Waals surface area (Å²) < 4.78 is -7.49. The SMILES string of the molecule is OC(C(Cl)(Cl)Cl)(C(Cl)(Cl)Cl)C(Cl)(Cl)Cl.O[Si](c1ccccc1)(c1ccccc1)c1ccccc1.[Zn]. The molecular weight excluding hydrogens is 709 g/mol. The van der Waals surface area contributed by atoms with E-state index in [-0.39, 0.29) is 19.5 Å². The molecule has 0 heterocycles. The van der Waals surface area contributed by atoms with Gasteiger partial charge in [-0.3, -0.25) is 0 Å². The Morgan fingerprint density at radius 3 is 0.800 bits per heavy atom. The standard InChI is InChI=1S/C18H16OSi.C4HCl9O.Zn/c19-20(16-10-4-1-5-11-16,17-12-6-2-7-13-17)18-14-8-3-9-15-18;5-2(6,7)1(14,3(8,9)10)4(11,12)13;/h1-15,19H;14H;. The first-order valence-corrected chi connectivity index (χ1v) is 14.7. The number of alkyl halides is 9. The average Bonchev–Trinajstić information content (AvgIpc) is 2.78.